The summed E-state index contributed by atoms with van der Waals surface area (Å²) in [6.07, 6.45) is 1.13. The number of methoxy groups -OCH3 is 1. The third-order valence-corrected chi connectivity index (χ3v) is 5.39. The van der Waals surface area contributed by atoms with E-state index in [1.54, 1.807) is 17.0 Å². The second-order valence-corrected chi connectivity index (χ2v) is 7.27. The molecule has 1 heterocycles. The van der Waals surface area contributed by atoms with Crippen molar-refractivity contribution in [3.63, 3.8) is 0 Å². The second kappa shape index (κ2) is 8.61. The Morgan fingerprint density at radius 1 is 1.18 bits per heavy atom. The maximum Gasteiger partial charge on any atom is 0.253 e. The van der Waals surface area contributed by atoms with E-state index in [1.165, 1.54) is 31.4 Å². The molecule has 2 amide bonds. The number of halogens is 2. The fraction of sp³-hybridized carbons (Fsp3) is 0.333. The van der Waals surface area contributed by atoms with E-state index in [0.717, 1.165) is 5.56 Å². The molecule has 0 aliphatic carbocycles. The lowest BCUT2D eigenvalue weighted by Gasteiger charge is -2.31. The smallest absolute Gasteiger partial charge is 0.253 e. The number of rotatable bonds is 4. The number of anilines is 1. The number of amides is 2. The molecule has 1 N–H and O–H groups in total. The Labute approximate surface area is 168 Å². The maximum absolute atomic E-state index is 13.0. The molecule has 7 heteroatoms. The highest BCUT2D eigenvalue weighted by Crippen LogP contribution is 2.32. The first kappa shape index (κ1) is 20.1. The average Bonchev–Trinajstić information content (AvgIpc) is 2.70. The van der Waals surface area contributed by atoms with Gasteiger partial charge < -0.3 is 15.0 Å². The number of aryl methyl sites for hydroxylation is 1. The zero-order valence-corrected chi connectivity index (χ0v) is 16.6. The first-order valence-corrected chi connectivity index (χ1v) is 9.46. The van der Waals surface area contributed by atoms with Gasteiger partial charge in [0.1, 0.15) is 11.6 Å². The summed E-state index contributed by atoms with van der Waals surface area (Å²) >= 11 is 6.10. The summed E-state index contributed by atoms with van der Waals surface area (Å²) in [4.78, 5) is 26.9. The van der Waals surface area contributed by atoms with E-state index in [4.69, 9.17) is 16.3 Å². The third-order valence-electron chi connectivity index (χ3n) is 4.98. The number of ether oxygens (including phenoxy) is 1. The van der Waals surface area contributed by atoms with Crippen LogP contribution in [0.2, 0.25) is 5.02 Å². The first-order chi connectivity index (χ1) is 13.4. The molecule has 1 aliphatic heterocycles. The van der Waals surface area contributed by atoms with Crippen molar-refractivity contribution in [1.29, 1.82) is 0 Å². The largest absolute Gasteiger partial charge is 0.495 e. The van der Waals surface area contributed by atoms with Crippen LogP contribution >= 0.6 is 11.6 Å². The van der Waals surface area contributed by atoms with Crippen LogP contribution in [-0.4, -0.2) is 36.9 Å². The van der Waals surface area contributed by atoms with Gasteiger partial charge >= 0.3 is 0 Å². The molecule has 0 saturated carbocycles. The predicted octanol–water partition coefficient (Wildman–Crippen LogP) is 4.29. The van der Waals surface area contributed by atoms with Crippen LogP contribution in [0, 0.1) is 18.7 Å². The topological polar surface area (TPSA) is 58.6 Å². The molecule has 0 aromatic heterocycles. The summed E-state index contributed by atoms with van der Waals surface area (Å²) in [6, 6.07) is 8.96. The first-order valence-electron chi connectivity index (χ1n) is 9.09. The number of hydrogen-bond acceptors (Lipinski definition) is 3. The normalized spacial score (nSPS) is 14.6. The van der Waals surface area contributed by atoms with Crippen molar-refractivity contribution >= 4 is 29.1 Å². The lowest BCUT2D eigenvalue weighted by Crippen LogP contribution is -2.41. The van der Waals surface area contributed by atoms with E-state index in [0.29, 0.717) is 48.0 Å². The predicted molar refractivity (Wildman–Crippen MR) is 106 cm³/mol. The number of nitrogens with one attached hydrogen (secondary N) is 1. The monoisotopic (exact) mass is 404 g/mol. The van der Waals surface area contributed by atoms with Crippen molar-refractivity contribution in [2.24, 2.45) is 5.92 Å². The fourth-order valence-corrected chi connectivity index (χ4v) is 3.44. The molecule has 1 saturated heterocycles. The number of benzene rings is 2. The molecule has 3 rings (SSSR count). The summed E-state index contributed by atoms with van der Waals surface area (Å²) < 4.78 is 18.3. The average molecular weight is 405 g/mol. The van der Waals surface area contributed by atoms with Crippen molar-refractivity contribution in [3.8, 4) is 5.75 Å². The summed E-state index contributed by atoms with van der Waals surface area (Å²) in [5.74, 6) is -0.312. The van der Waals surface area contributed by atoms with Gasteiger partial charge in [0.25, 0.3) is 5.91 Å². The number of piperidine rings is 1. The van der Waals surface area contributed by atoms with Crippen LogP contribution in [0.25, 0.3) is 0 Å². The molecule has 0 unspecified atom stereocenters. The Morgan fingerprint density at radius 2 is 1.82 bits per heavy atom. The zero-order chi connectivity index (χ0) is 20.3. The molecule has 0 spiro atoms. The van der Waals surface area contributed by atoms with Crippen molar-refractivity contribution in [3.05, 3.63) is 58.4 Å². The number of likely N-dealkylation sites (tertiary alicyclic amines) is 1. The molecule has 0 bridgehead atoms. The minimum Gasteiger partial charge on any atom is -0.495 e. The third kappa shape index (κ3) is 4.44. The highest BCUT2D eigenvalue weighted by atomic mass is 35.5. The minimum atomic E-state index is -0.375. The molecule has 28 heavy (non-hydrogen) atoms. The molecular weight excluding hydrogens is 383 g/mol. The van der Waals surface area contributed by atoms with Gasteiger partial charge in [0.05, 0.1) is 12.8 Å². The Kier molecular flexibility index (Phi) is 6.19. The highest BCUT2D eigenvalue weighted by Gasteiger charge is 2.28. The van der Waals surface area contributed by atoms with Crippen LogP contribution in [0.15, 0.2) is 36.4 Å². The Morgan fingerprint density at radius 3 is 2.43 bits per heavy atom. The highest BCUT2D eigenvalue weighted by molar-refractivity contribution is 6.31. The summed E-state index contributed by atoms with van der Waals surface area (Å²) in [5.41, 5.74) is 1.88. The second-order valence-electron chi connectivity index (χ2n) is 6.86. The number of hydrogen-bond donors (Lipinski definition) is 1. The van der Waals surface area contributed by atoms with Crippen molar-refractivity contribution in [1.82, 2.24) is 4.90 Å². The van der Waals surface area contributed by atoms with E-state index >= 15 is 0 Å². The van der Waals surface area contributed by atoms with Gasteiger partial charge in [0.2, 0.25) is 5.91 Å². The molecule has 148 valence electrons. The Bertz CT molecular complexity index is 878. The van der Waals surface area contributed by atoms with Crippen LogP contribution in [-0.2, 0) is 4.79 Å². The van der Waals surface area contributed by atoms with Gasteiger partial charge in [0.15, 0.2) is 0 Å². The summed E-state index contributed by atoms with van der Waals surface area (Å²) in [7, 11) is 1.52. The minimum absolute atomic E-state index is 0.103. The molecular formula is C21H22ClFN2O3. The SMILES string of the molecule is COc1cc(Cl)c(C)cc1NC(=O)C1CCN(C(=O)c2ccc(F)cc2)CC1. The van der Waals surface area contributed by atoms with E-state index in [9.17, 15) is 14.0 Å². The lowest BCUT2D eigenvalue weighted by atomic mass is 9.95. The number of carbonyl (C=O) groups is 2. The molecule has 0 radical (unpaired) electrons. The van der Waals surface area contributed by atoms with E-state index in [1.807, 2.05) is 6.92 Å². The summed E-state index contributed by atoms with van der Waals surface area (Å²) in [6.45, 7) is 2.81. The van der Waals surface area contributed by atoms with Crippen LogP contribution in [0.1, 0.15) is 28.8 Å². The van der Waals surface area contributed by atoms with Crippen LogP contribution < -0.4 is 10.1 Å². The van der Waals surface area contributed by atoms with Gasteiger partial charge in [0, 0.05) is 35.7 Å². The standard InChI is InChI=1S/C21H22ClFN2O3/c1-13-11-18(19(28-2)12-17(13)22)24-20(26)14-7-9-25(10-8-14)21(27)15-3-5-16(23)6-4-15/h3-6,11-12,14H,7-10H2,1-2H3,(H,24,26). The van der Waals surface area contributed by atoms with Crippen LogP contribution in [0.5, 0.6) is 5.75 Å². The van der Waals surface area contributed by atoms with E-state index < -0.39 is 0 Å². The van der Waals surface area contributed by atoms with Gasteiger partial charge in [-0.25, -0.2) is 4.39 Å². The molecule has 0 atom stereocenters. The van der Waals surface area contributed by atoms with Gasteiger partial charge in [-0.2, -0.15) is 0 Å². The van der Waals surface area contributed by atoms with Crippen LogP contribution in [0.3, 0.4) is 0 Å². The van der Waals surface area contributed by atoms with Crippen molar-refractivity contribution in [2.45, 2.75) is 19.8 Å². The van der Waals surface area contributed by atoms with Gasteiger partial charge in [-0.05, 0) is 55.7 Å². The van der Waals surface area contributed by atoms with E-state index in [2.05, 4.69) is 5.32 Å². The Balaban J connectivity index is 1.60. The Hall–Kier alpha value is -2.60. The molecule has 2 aromatic carbocycles. The van der Waals surface area contributed by atoms with Gasteiger partial charge in [-0.1, -0.05) is 11.6 Å². The summed E-state index contributed by atoms with van der Waals surface area (Å²) in [5, 5.41) is 3.49. The molecule has 1 fully saturated rings. The molecule has 2 aromatic rings. The van der Waals surface area contributed by atoms with E-state index in [-0.39, 0.29) is 23.5 Å². The number of nitrogens with zero attached hydrogens (tertiary/aromatic N) is 1. The van der Waals surface area contributed by atoms with Gasteiger partial charge in [-0.15, -0.1) is 0 Å². The number of carbonyl (C=O) groups excluding carboxylic acids is 2. The van der Waals surface area contributed by atoms with Crippen molar-refractivity contribution < 1.29 is 18.7 Å². The maximum atomic E-state index is 13.0. The van der Waals surface area contributed by atoms with Crippen molar-refractivity contribution in [2.75, 3.05) is 25.5 Å². The molecule has 1 aliphatic rings. The lowest BCUT2D eigenvalue weighted by molar-refractivity contribution is -0.121. The van der Waals surface area contributed by atoms with Crippen LogP contribution in [0.4, 0.5) is 10.1 Å². The molecule has 5 nitrogen and oxygen atoms in total. The fourth-order valence-electron chi connectivity index (χ4n) is 3.28. The zero-order valence-electron chi connectivity index (χ0n) is 15.8. The van der Waals surface area contributed by atoms with Gasteiger partial charge in [-0.3, -0.25) is 9.59 Å². The quantitative estimate of drug-likeness (QED) is 0.827.